The van der Waals surface area contributed by atoms with E-state index < -0.39 is 41.6 Å². The molecule has 0 aliphatic carbocycles. The molecule has 2 aromatic rings. The molecule has 174 valence electrons. The van der Waals surface area contributed by atoms with Crippen molar-refractivity contribution in [3.8, 4) is 0 Å². The van der Waals surface area contributed by atoms with Gasteiger partial charge in [-0.15, -0.1) is 0 Å². The van der Waals surface area contributed by atoms with Crippen LogP contribution in [0.25, 0.3) is 10.9 Å². The van der Waals surface area contributed by atoms with Gasteiger partial charge in [0.1, 0.15) is 18.4 Å². The largest absolute Gasteiger partial charge is 0.480 e. The fourth-order valence-electron chi connectivity index (χ4n) is 3.77. The molecule has 3 N–H and O–H groups in total. The van der Waals surface area contributed by atoms with Gasteiger partial charge >= 0.3 is 5.97 Å². The second-order valence-corrected chi connectivity index (χ2v) is 9.13. The Morgan fingerprint density at radius 2 is 1.97 bits per heavy atom. The predicted octanol–water partition coefficient (Wildman–Crippen LogP) is 1.95. The molecule has 1 aliphatic rings. The molecule has 1 atom stereocenters. The number of hydrogen-bond donors (Lipinski definition) is 3. The minimum atomic E-state index is -1.19. The van der Waals surface area contributed by atoms with Gasteiger partial charge in [0.15, 0.2) is 5.69 Å². The highest BCUT2D eigenvalue weighted by atomic mass is 19.1. The third-order valence-electron chi connectivity index (χ3n) is 5.52. The highest BCUT2D eigenvalue weighted by Gasteiger charge is 2.34. The zero-order valence-electron chi connectivity index (χ0n) is 18.5. The van der Waals surface area contributed by atoms with E-state index in [9.17, 15) is 18.8 Å². The Balaban J connectivity index is 1.89. The van der Waals surface area contributed by atoms with Crippen LogP contribution in [0, 0.1) is 17.2 Å². The quantitative estimate of drug-likeness (QED) is 0.595. The van der Waals surface area contributed by atoms with Gasteiger partial charge in [0, 0.05) is 25.1 Å². The van der Waals surface area contributed by atoms with Crippen LogP contribution in [0.3, 0.4) is 0 Å². The van der Waals surface area contributed by atoms with Crippen LogP contribution in [0.1, 0.15) is 44.1 Å². The fraction of sp³-hybridized carbons (Fsp3) is 0.545. The molecule has 10 heteroatoms. The third-order valence-corrected chi connectivity index (χ3v) is 5.52. The molecular weight excluding hydrogens is 419 g/mol. The molecule has 0 bridgehead atoms. The number of nitrogens with zero attached hydrogens (tertiary/aromatic N) is 2. The van der Waals surface area contributed by atoms with Crippen molar-refractivity contribution >= 4 is 28.7 Å². The molecule has 2 heterocycles. The molecule has 1 aliphatic heterocycles. The van der Waals surface area contributed by atoms with Crippen LogP contribution in [0.15, 0.2) is 18.2 Å². The Morgan fingerprint density at radius 1 is 1.28 bits per heavy atom. The minimum Gasteiger partial charge on any atom is -0.480 e. The maximum Gasteiger partial charge on any atom is 0.322 e. The summed E-state index contributed by atoms with van der Waals surface area (Å²) < 4.78 is 21.1. The van der Waals surface area contributed by atoms with Crippen LogP contribution in [0.5, 0.6) is 0 Å². The number of ether oxygens (including phenoxy) is 1. The lowest BCUT2D eigenvalue weighted by Gasteiger charge is -2.30. The summed E-state index contributed by atoms with van der Waals surface area (Å²) in [6.45, 7) is 6.60. The van der Waals surface area contributed by atoms with Gasteiger partial charge in [0.25, 0.3) is 5.91 Å². The summed E-state index contributed by atoms with van der Waals surface area (Å²) in [5.41, 5.74) is -0.0539. The number of carbonyl (C=O) groups excluding carboxylic acids is 2. The zero-order valence-corrected chi connectivity index (χ0v) is 18.5. The molecule has 32 heavy (non-hydrogen) atoms. The van der Waals surface area contributed by atoms with E-state index in [1.54, 1.807) is 31.5 Å². The van der Waals surface area contributed by atoms with Gasteiger partial charge in [-0.2, -0.15) is 5.10 Å². The lowest BCUT2D eigenvalue weighted by molar-refractivity contribution is -0.138. The van der Waals surface area contributed by atoms with Crippen LogP contribution < -0.4 is 10.6 Å². The Hall–Kier alpha value is -3.01. The van der Waals surface area contributed by atoms with Crippen molar-refractivity contribution in [3.05, 3.63) is 29.7 Å². The minimum absolute atomic E-state index is 0.0202. The molecule has 0 radical (unpaired) electrons. The topological polar surface area (TPSA) is 123 Å². The van der Waals surface area contributed by atoms with E-state index in [2.05, 4.69) is 15.7 Å². The average molecular weight is 448 g/mol. The molecule has 9 nitrogen and oxygen atoms in total. The molecule has 1 fully saturated rings. The van der Waals surface area contributed by atoms with Gasteiger partial charge in [0.05, 0.1) is 5.52 Å². The number of aromatic nitrogens is 2. The van der Waals surface area contributed by atoms with Gasteiger partial charge < -0.3 is 20.5 Å². The van der Waals surface area contributed by atoms with E-state index in [0.717, 1.165) is 12.8 Å². The molecule has 1 unspecified atom stereocenters. The van der Waals surface area contributed by atoms with Crippen molar-refractivity contribution in [3.63, 3.8) is 0 Å². The number of carboxylic acids is 1. The first kappa shape index (κ1) is 23.6. The third kappa shape index (κ3) is 5.61. The van der Waals surface area contributed by atoms with Crippen LogP contribution >= 0.6 is 0 Å². The van der Waals surface area contributed by atoms with Crippen LogP contribution in [-0.4, -0.2) is 58.5 Å². The normalized spacial score (nSPS) is 16.0. The molecule has 1 aromatic carbocycles. The maximum atomic E-state index is 14.0. The van der Waals surface area contributed by atoms with Crippen molar-refractivity contribution in [2.24, 2.45) is 11.3 Å². The molecule has 0 spiro atoms. The second-order valence-electron chi connectivity index (χ2n) is 9.13. The number of nitrogens with one attached hydrogen (secondary N) is 2. The van der Waals surface area contributed by atoms with Crippen molar-refractivity contribution in [1.29, 1.82) is 0 Å². The standard InChI is InChI=1S/C22H29FN4O5/c1-22(2,3)19(21(31)24-11-17(28)29)25-20(30)18-15-10-14(23)4-5-16(15)27(26-18)12-13-6-8-32-9-7-13/h4-5,10,13,19H,6-9,11-12H2,1-3H3,(H,24,31)(H,25,30)(H,28,29). The Labute approximate surface area is 185 Å². The first-order valence-electron chi connectivity index (χ1n) is 10.6. The number of hydrogen-bond acceptors (Lipinski definition) is 5. The van der Waals surface area contributed by atoms with E-state index in [1.165, 1.54) is 12.1 Å². The summed E-state index contributed by atoms with van der Waals surface area (Å²) >= 11 is 0. The Kier molecular flexibility index (Phi) is 7.12. The Bertz CT molecular complexity index is 1010. The SMILES string of the molecule is CC(C)(C)C(NC(=O)c1nn(CC2CCOCC2)c2ccc(F)cc12)C(=O)NCC(=O)O. The first-order valence-corrected chi connectivity index (χ1v) is 10.6. The number of amides is 2. The molecule has 1 aromatic heterocycles. The number of aliphatic carboxylic acids is 1. The Morgan fingerprint density at radius 3 is 2.59 bits per heavy atom. The van der Waals surface area contributed by atoms with Crippen LogP contribution in [0.4, 0.5) is 4.39 Å². The molecule has 0 saturated carbocycles. The van der Waals surface area contributed by atoms with Crippen molar-refractivity contribution in [2.75, 3.05) is 19.8 Å². The van der Waals surface area contributed by atoms with Crippen molar-refractivity contribution in [1.82, 2.24) is 20.4 Å². The highest BCUT2D eigenvalue weighted by Crippen LogP contribution is 2.25. The summed E-state index contributed by atoms with van der Waals surface area (Å²) in [7, 11) is 0. The average Bonchev–Trinajstić information content (AvgIpc) is 3.07. The molecule has 3 rings (SSSR count). The highest BCUT2D eigenvalue weighted by molar-refractivity contribution is 6.06. The lowest BCUT2D eigenvalue weighted by Crippen LogP contribution is -2.54. The van der Waals surface area contributed by atoms with Gasteiger partial charge in [0.2, 0.25) is 5.91 Å². The monoisotopic (exact) mass is 448 g/mol. The molecule has 1 saturated heterocycles. The number of fused-ring (bicyclic) bond motifs is 1. The van der Waals surface area contributed by atoms with E-state index in [0.29, 0.717) is 36.6 Å². The number of benzene rings is 1. The predicted molar refractivity (Wildman–Crippen MR) is 115 cm³/mol. The second kappa shape index (κ2) is 9.64. The van der Waals surface area contributed by atoms with Gasteiger partial charge in [-0.1, -0.05) is 20.8 Å². The number of rotatable bonds is 7. The number of carboxylic acid groups (broad SMARTS) is 1. The summed E-state index contributed by atoms with van der Waals surface area (Å²) in [5.74, 6) is -2.60. The lowest BCUT2D eigenvalue weighted by atomic mass is 9.86. The smallest absolute Gasteiger partial charge is 0.322 e. The maximum absolute atomic E-state index is 14.0. The summed E-state index contributed by atoms with van der Waals surface area (Å²) in [5, 5.41) is 18.6. The molecule has 2 amide bonds. The van der Waals surface area contributed by atoms with Gasteiger partial charge in [-0.3, -0.25) is 19.1 Å². The summed E-state index contributed by atoms with van der Waals surface area (Å²) in [4.78, 5) is 36.5. The molecular formula is C22H29FN4O5. The van der Waals surface area contributed by atoms with E-state index in [1.807, 2.05) is 0 Å². The van der Waals surface area contributed by atoms with Crippen molar-refractivity contribution < 1.29 is 28.6 Å². The van der Waals surface area contributed by atoms with E-state index in [-0.39, 0.29) is 5.69 Å². The van der Waals surface area contributed by atoms with E-state index in [4.69, 9.17) is 9.84 Å². The number of halogens is 1. The van der Waals surface area contributed by atoms with Gasteiger partial charge in [-0.05, 0) is 42.4 Å². The summed E-state index contributed by atoms with van der Waals surface area (Å²) in [6, 6.07) is 3.16. The first-order chi connectivity index (χ1) is 15.1. The zero-order chi connectivity index (χ0) is 23.5. The number of carbonyl (C=O) groups is 3. The fourth-order valence-corrected chi connectivity index (χ4v) is 3.77. The van der Waals surface area contributed by atoms with Gasteiger partial charge in [-0.25, -0.2) is 4.39 Å². The van der Waals surface area contributed by atoms with Crippen LogP contribution in [0.2, 0.25) is 0 Å². The van der Waals surface area contributed by atoms with Crippen LogP contribution in [-0.2, 0) is 20.9 Å². The van der Waals surface area contributed by atoms with Crippen molar-refractivity contribution in [2.45, 2.75) is 46.2 Å². The van der Waals surface area contributed by atoms with E-state index >= 15 is 0 Å². The summed E-state index contributed by atoms with van der Waals surface area (Å²) in [6.07, 6.45) is 1.75.